The monoisotopic (exact) mass is 312 g/mol. The molecular weight excluding hydrogens is 292 g/mol. The van der Waals surface area contributed by atoms with Gasteiger partial charge < -0.3 is 15.0 Å². The van der Waals surface area contributed by atoms with Crippen LogP contribution in [0.15, 0.2) is 18.3 Å². The molecule has 2 rings (SSSR count). The summed E-state index contributed by atoms with van der Waals surface area (Å²) in [7, 11) is 1.93. The predicted octanol–water partition coefficient (Wildman–Crippen LogP) is 2.80. The molecule has 2 aromatic heterocycles. The minimum absolute atomic E-state index is 0. The van der Waals surface area contributed by atoms with E-state index in [9.17, 15) is 4.79 Å². The lowest BCUT2D eigenvalue weighted by Gasteiger charge is -2.19. The quantitative estimate of drug-likeness (QED) is 0.893. The summed E-state index contributed by atoms with van der Waals surface area (Å²) in [5, 5.41) is 3.62. The first-order chi connectivity index (χ1) is 9.30. The van der Waals surface area contributed by atoms with Gasteiger partial charge in [-0.3, -0.25) is 5.32 Å². The fraction of sp³-hybridized carbons (Fsp3) is 0.429. The number of nitrogens with one attached hydrogen (secondary N) is 1. The normalized spacial score (nSPS) is 11.1. The van der Waals surface area contributed by atoms with Crippen LogP contribution >= 0.6 is 12.4 Å². The van der Waals surface area contributed by atoms with Crippen LogP contribution in [0.3, 0.4) is 0 Å². The molecule has 116 valence electrons. The molecule has 6 nitrogen and oxygen atoms in total. The molecule has 2 heterocycles. The Labute approximate surface area is 130 Å². The summed E-state index contributed by atoms with van der Waals surface area (Å²) in [4.78, 5) is 15.9. The zero-order valence-corrected chi connectivity index (χ0v) is 13.5. The molecule has 0 atom stereocenters. The van der Waals surface area contributed by atoms with Crippen molar-refractivity contribution in [3.63, 3.8) is 0 Å². The highest BCUT2D eigenvalue weighted by Crippen LogP contribution is 2.20. The SMILES string of the molecule is Cl.Cn1c(CN)cc2cnc(NC(=O)OC(C)(C)C)cc21. The molecule has 0 saturated heterocycles. The lowest BCUT2D eigenvalue weighted by molar-refractivity contribution is 0.0635. The first kappa shape index (κ1) is 17.3. The number of aryl methyl sites for hydroxylation is 1. The van der Waals surface area contributed by atoms with E-state index in [0.29, 0.717) is 12.4 Å². The van der Waals surface area contributed by atoms with Gasteiger partial charge in [-0.2, -0.15) is 0 Å². The summed E-state index contributed by atoms with van der Waals surface area (Å²) in [5.41, 5.74) is 7.11. The van der Waals surface area contributed by atoms with Crippen LogP contribution < -0.4 is 11.1 Å². The lowest BCUT2D eigenvalue weighted by atomic mass is 10.2. The van der Waals surface area contributed by atoms with Crippen LogP contribution in [-0.4, -0.2) is 21.2 Å². The number of halogens is 1. The minimum Gasteiger partial charge on any atom is -0.444 e. The largest absolute Gasteiger partial charge is 0.444 e. The van der Waals surface area contributed by atoms with E-state index >= 15 is 0 Å². The third kappa shape index (κ3) is 4.09. The van der Waals surface area contributed by atoms with Crippen molar-refractivity contribution in [2.24, 2.45) is 12.8 Å². The zero-order valence-electron chi connectivity index (χ0n) is 12.6. The summed E-state index contributed by atoms with van der Waals surface area (Å²) in [6, 6.07) is 3.79. The van der Waals surface area contributed by atoms with Crippen molar-refractivity contribution < 1.29 is 9.53 Å². The van der Waals surface area contributed by atoms with Crippen LogP contribution in [0, 0.1) is 0 Å². The standard InChI is InChI=1S/C14H20N4O2.ClH/c1-14(2,3)20-13(19)17-12-6-11-9(8-16-12)5-10(7-15)18(11)4;/h5-6,8H,7,15H2,1-4H3,(H,16,17,19);1H. The molecule has 0 fully saturated rings. The highest BCUT2D eigenvalue weighted by molar-refractivity contribution is 5.88. The van der Waals surface area contributed by atoms with Gasteiger partial charge in [0.2, 0.25) is 0 Å². The number of carbonyl (C=O) groups is 1. The Morgan fingerprint density at radius 1 is 1.43 bits per heavy atom. The molecule has 0 aromatic carbocycles. The maximum Gasteiger partial charge on any atom is 0.413 e. The summed E-state index contributed by atoms with van der Waals surface area (Å²) >= 11 is 0. The van der Waals surface area contributed by atoms with E-state index in [0.717, 1.165) is 16.6 Å². The number of nitrogens with two attached hydrogens (primary N) is 1. The molecule has 0 radical (unpaired) electrons. The molecule has 0 spiro atoms. The molecule has 21 heavy (non-hydrogen) atoms. The fourth-order valence-electron chi connectivity index (χ4n) is 1.96. The number of pyridine rings is 1. The number of hydrogen-bond acceptors (Lipinski definition) is 4. The molecule has 1 amide bonds. The predicted molar refractivity (Wildman–Crippen MR) is 85.7 cm³/mol. The molecule has 0 bridgehead atoms. The molecule has 2 aromatic rings. The molecule has 0 unspecified atom stereocenters. The first-order valence-electron chi connectivity index (χ1n) is 6.44. The molecule has 0 saturated carbocycles. The highest BCUT2D eigenvalue weighted by Gasteiger charge is 2.17. The van der Waals surface area contributed by atoms with Crippen molar-refractivity contribution in [2.45, 2.75) is 32.9 Å². The van der Waals surface area contributed by atoms with Crippen molar-refractivity contribution >= 4 is 35.2 Å². The molecule has 0 aliphatic rings. The minimum atomic E-state index is -0.536. The third-order valence-electron chi connectivity index (χ3n) is 2.86. The van der Waals surface area contributed by atoms with E-state index in [4.69, 9.17) is 10.5 Å². The second kappa shape index (κ2) is 6.32. The summed E-state index contributed by atoms with van der Waals surface area (Å²) in [5.74, 6) is 0.455. The average molecular weight is 313 g/mol. The molecule has 7 heteroatoms. The number of hydrogen-bond donors (Lipinski definition) is 2. The van der Waals surface area contributed by atoms with Crippen LogP contribution in [0.1, 0.15) is 26.5 Å². The van der Waals surface area contributed by atoms with Crippen molar-refractivity contribution in [3.05, 3.63) is 24.0 Å². The van der Waals surface area contributed by atoms with Gasteiger partial charge in [0.1, 0.15) is 11.4 Å². The number of aromatic nitrogens is 2. The Hall–Kier alpha value is -1.79. The second-order valence-electron chi connectivity index (χ2n) is 5.65. The highest BCUT2D eigenvalue weighted by atomic mass is 35.5. The lowest BCUT2D eigenvalue weighted by Crippen LogP contribution is -2.27. The zero-order chi connectivity index (χ0) is 14.9. The van der Waals surface area contributed by atoms with Gasteiger partial charge in [0, 0.05) is 36.9 Å². The third-order valence-corrected chi connectivity index (χ3v) is 2.86. The van der Waals surface area contributed by atoms with Crippen molar-refractivity contribution in [2.75, 3.05) is 5.32 Å². The van der Waals surface area contributed by atoms with E-state index in [1.807, 2.05) is 38.5 Å². The smallest absolute Gasteiger partial charge is 0.413 e. The van der Waals surface area contributed by atoms with Gasteiger partial charge >= 0.3 is 6.09 Å². The Morgan fingerprint density at radius 3 is 2.67 bits per heavy atom. The van der Waals surface area contributed by atoms with Gasteiger partial charge in [-0.05, 0) is 26.8 Å². The van der Waals surface area contributed by atoms with Crippen LogP contribution in [0.2, 0.25) is 0 Å². The maximum absolute atomic E-state index is 11.7. The molecule has 3 N–H and O–H groups in total. The topological polar surface area (TPSA) is 82.2 Å². The maximum atomic E-state index is 11.7. The number of fused-ring (bicyclic) bond motifs is 1. The number of nitrogens with zero attached hydrogens (tertiary/aromatic N) is 2. The van der Waals surface area contributed by atoms with Crippen LogP contribution in [0.25, 0.3) is 10.9 Å². The van der Waals surface area contributed by atoms with Crippen LogP contribution in [0.4, 0.5) is 10.6 Å². The number of rotatable bonds is 2. The van der Waals surface area contributed by atoms with E-state index in [-0.39, 0.29) is 12.4 Å². The van der Waals surface area contributed by atoms with E-state index < -0.39 is 11.7 Å². The Bertz CT molecular complexity index is 646. The average Bonchev–Trinajstić information content (AvgIpc) is 2.64. The van der Waals surface area contributed by atoms with Crippen molar-refractivity contribution in [1.82, 2.24) is 9.55 Å². The second-order valence-corrected chi connectivity index (χ2v) is 5.65. The Kier molecular flexibility index (Phi) is 5.20. The Morgan fingerprint density at radius 2 is 2.10 bits per heavy atom. The number of ether oxygens (including phenoxy) is 1. The van der Waals surface area contributed by atoms with Gasteiger partial charge in [0.25, 0.3) is 0 Å². The molecule has 0 aliphatic carbocycles. The van der Waals surface area contributed by atoms with Gasteiger partial charge in [-0.25, -0.2) is 9.78 Å². The number of carbonyl (C=O) groups excluding carboxylic acids is 1. The molecule has 0 aliphatic heterocycles. The van der Waals surface area contributed by atoms with E-state index in [1.165, 1.54) is 0 Å². The van der Waals surface area contributed by atoms with Crippen molar-refractivity contribution in [1.29, 1.82) is 0 Å². The number of amides is 1. The summed E-state index contributed by atoms with van der Waals surface area (Å²) in [6.07, 6.45) is 1.19. The van der Waals surface area contributed by atoms with E-state index in [1.54, 1.807) is 12.3 Å². The van der Waals surface area contributed by atoms with Crippen LogP contribution in [-0.2, 0) is 18.3 Å². The van der Waals surface area contributed by atoms with E-state index in [2.05, 4.69) is 10.3 Å². The Balaban J connectivity index is 0.00000220. The van der Waals surface area contributed by atoms with Crippen LogP contribution in [0.5, 0.6) is 0 Å². The fourth-order valence-corrected chi connectivity index (χ4v) is 1.96. The van der Waals surface area contributed by atoms with Gasteiger partial charge in [0.15, 0.2) is 0 Å². The van der Waals surface area contributed by atoms with Crippen molar-refractivity contribution in [3.8, 4) is 0 Å². The van der Waals surface area contributed by atoms with Gasteiger partial charge in [-0.1, -0.05) is 0 Å². The first-order valence-corrected chi connectivity index (χ1v) is 6.44. The summed E-state index contributed by atoms with van der Waals surface area (Å²) < 4.78 is 7.18. The van der Waals surface area contributed by atoms with Gasteiger partial charge in [-0.15, -0.1) is 12.4 Å². The summed E-state index contributed by atoms with van der Waals surface area (Å²) in [6.45, 7) is 5.90. The number of anilines is 1. The molecular formula is C14H21ClN4O2. The van der Waals surface area contributed by atoms with Gasteiger partial charge in [0.05, 0.1) is 5.52 Å².